The van der Waals surface area contributed by atoms with Crippen LogP contribution in [0, 0.1) is 29.1 Å². The standard InChI is InChI=1S/C23H27F5O2Si/c1-4-31(5-2,6-3)30-17(14-10-13-16(29)15-11-8-7-9-12-15)18-19(24)21(26)23(28)22(27)20(18)25/h7-12,14,16-17,29H,4-6,13H2,1-3H3/b14-10-/t16-,17+/m0/s1. The predicted molar refractivity (Wildman–Crippen MR) is 112 cm³/mol. The molecule has 8 heteroatoms. The van der Waals surface area contributed by atoms with Crippen molar-refractivity contribution in [2.24, 2.45) is 0 Å². The Bertz CT molecular complexity index is 863. The van der Waals surface area contributed by atoms with Crippen molar-refractivity contribution in [3.8, 4) is 0 Å². The van der Waals surface area contributed by atoms with Crippen LogP contribution in [0.5, 0.6) is 0 Å². The molecular weight excluding hydrogens is 431 g/mol. The minimum Gasteiger partial charge on any atom is -0.406 e. The minimum atomic E-state index is -2.48. The van der Waals surface area contributed by atoms with E-state index in [2.05, 4.69) is 0 Å². The monoisotopic (exact) mass is 458 g/mol. The highest BCUT2D eigenvalue weighted by molar-refractivity contribution is 6.73. The fraction of sp³-hybridized carbons (Fsp3) is 0.391. The van der Waals surface area contributed by atoms with E-state index in [1.807, 2.05) is 20.8 Å². The largest absolute Gasteiger partial charge is 0.406 e. The van der Waals surface area contributed by atoms with Crippen molar-refractivity contribution in [3.05, 3.63) is 82.7 Å². The van der Waals surface area contributed by atoms with E-state index in [1.54, 1.807) is 30.3 Å². The van der Waals surface area contributed by atoms with Gasteiger partial charge in [-0.15, -0.1) is 0 Å². The smallest absolute Gasteiger partial charge is 0.200 e. The van der Waals surface area contributed by atoms with Gasteiger partial charge in [-0.25, -0.2) is 22.0 Å². The van der Waals surface area contributed by atoms with Gasteiger partial charge in [0, 0.05) is 0 Å². The summed E-state index contributed by atoms with van der Waals surface area (Å²) in [6.07, 6.45) is 0.449. The van der Waals surface area contributed by atoms with E-state index in [9.17, 15) is 27.1 Å². The van der Waals surface area contributed by atoms with Gasteiger partial charge in [0.15, 0.2) is 31.6 Å². The summed E-state index contributed by atoms with van der Waals surface area (Å²) in [5.74, 6) is -10.0. The molecule has 2 aromatic rings. The van der Waals surface area contributed by atoms with Crippen LogP contribution < -0.4 is 0 Å². The third kappa shape index (κ3) is 5.61. The summed E-state index contributed by atoms with van der Waals surface area (Å²) in [5.41, 5.74) is -0.366. The molecule has 2 rings (SSSR count). The van der Waals surface area contributed by atoms with Crippen molar-refractivity contribution in [2.75, 3.05) is 0 Å². The maximum Gasteiger partial charge on any atom is 0.200 e. The topological polar surface area (TPSA) is 29.5 Å². The third-order valence-electron chi connectivity index (χ3n) is 5.69. The Morgan fingerprint density at radius 2 is 1.32 bits per heavy atom. The number of aliphatic hydroxyl groups is 1. The number of benzene rings is 2. The summed E-state index contributed by atoms with van der Waals surface area (Å²) in [6.45, 7) is 5.66. The first-order chi connectivity index (χ1) is 14.7. The van der Waals surface area contributed by atoms with Crippen molar-refractivity contribution in [2.45, 2.75) is 57.5 Å². The molecule has 2 aromatic carbocycles. The highest BCUT2D eigenvalue weighted by Gasteiger charge is 2.36. The Morgan fingerprint density at radius 1 is 0.839 bits per heavy atom. The first-order valence-corrected chi connectivity index (χ1v) is 12.8. The number of hydrogen-bond acceptors (Lipinski definition) is 2. The highest BCUT2D eigenvalue weighted by atomic mass is 28.4. The Morgan fingerprint density at radius 3 is 1.81 bits per heavy atom. The summed E-state index contributed by atoms with van der Waals surface area (Å²) in [7, 11) is -2.48. The van der Waals surface area contributed by atoms with E-state index in [1.165, 1.54) is 12.2 Å². The molecule has 0 aromatic heterocycles. The molecule has 0 amide bonds. The van der Waals surface area contributed by atoms with Gasteiger partial charge in [-0.3, -0.25) is 0 Å². The van der Waals surface area contributed by atoms with E-state index in [0.717, 1.165) is 0 Å². The zero-order chi connectivity index (χ0) is 23.2. The fourth-order valence-electron chi connectivity index (χ4n) is 3.48. The van der Waals surface area contributed by atoms with E-state index in [0.29, 0.717) is 23.7 Å². The molecule has 1 N–H and O–H groups in total. The van der Waals surface area contributed by atoms with Crippen LogP contribution >= 0.6 is 0 Å². The van der Waals surface area contributed by atoms with Gasteiger partial charge in [-0.2, -0.15) is 0 Å². The molecule has 170 valence electrons. The fourth-order valence-corrected chi connectivity index (χ4v) is 6.21. The average molecular weight is 459 g/mol. The molecule has 0 saturated carbocycles. The van der Waals surface area contributed by atoms with Gasteiger partial charge in [-0.05, 0) is 30.1 Å². The quantitative estimate of drug-likeness (QED) is 0.135. The molecule has 0 fully saturated rings. The lowest BCUT2D eigenvalue weighted by atomic mass is 10.0. The zero-order valence-corrected chi connectivity index (χ0v) is 18.8. The van der Waals surface area contributed by atoms with E-state index >= 15 is 0 Å². The van der Waals surface area contributed by atoms with E-state index in [4.69, 9.17) is 4.43 Å². The van der Waals surface area contributed by atoms with Crippen LogP contribution in [-0.2, 0) is 4.43 Å². The molecule has 0 aliphatic carbocycles. The first-order valence-electron chi connectivity index (χ1n) is 10.3. The second-order valence-electron chi connectivity index (χ2n) is 7.36. The van der Waals surface area contributed by atoms with Crippen LogP contribution in [0.2, 0.25) is 18.1 Å². The lowest BCUT2D eigenvalue weighted by Gasteiger charge is -2.32. The Hall–Kier alpha value is -2.03. The van der Waals surface area contributed by atoms with Crippen molar-refractivity contribution >= 4 is 8.32 Å². The average Bonchev–Trinajstić information content (AvgIpc) is 2.80. The minimum absolute atomic E-state index is 0.0815. The van der Waals surface area contributed by atoms with Gasteiger partial charge >= 0.3 is 0 Å². The summed E-state index contributed by atoms with van der Waals surface area (Å²) in [4.78, 5) is 0. The summed E-state index contributed by atoms with van der Waals surface area (Å²) < 4.78 is 76.4. The molecular formula is C23H27F5O2Si. The molecule has 0 bridgehead atoms. The van der Waals surface area contributed by atoms with Crippen LogP contribution in [0.25, 0.3) is 0 Å². The SMILES string of the molecule is CC[Si](CC)(CC)O[C@H](/C=C\C[C@H](O)c1ccccc1)c1c(F)c(F)c(F)c(F)c1F. The maximum atomic E-state index is 14.5. The van der Waals surface area contributed by atoms with Crippen LogP contribution in [0.3, 0.4) is 0 Å². The van der Waals surface area contributed by atoms with E-state index < -0.39 is 55.2 Å². The molecule has 31 heavy (non-hydrogen) atoms. The number of aliphatic hydroxyl groups excluding tert-OH is 1. The maximum absolute atomic E-state index is 14.5. The third-order valence-corrected chi connectivity index (χ3v) is 10.3. The highest BCUT2D eigenvalue weighted by Crippen LogP contribution is 2.36. The van der Waals surface area contributed by atoms with E-state index in [-0.39, 0.29) is 6.42 Å². The van der Waals surface area contributed by atoms with Crippen molar-refractivity contribution < 1.29 is 31.5 Å². The van der Waals surface area contributed by atoms with Crippen molar-refractivity contribution in [1.82, 2.24) is 0 Å². The van der Waals surface area contributed by atoms with Gasteiger partial charge < -0.3 is 9.53 Å². The van der Waals surface area contributed by atoms with Crippen LogP contribution in [0.4, 0.5) is 22.0 Å². The molecule has 0 spiro atoms. The Kier molecular flexibility index (Phi) is 8.97. The van der Waals surface area contributed by atoms with Crippen molar-refractivity contribution in [3.63, 3.8) is 0 Å². The molecule has 0 saturated heterocycles. The number of hydrogen-bond donors (Lipinski definition) is 1. The van der Waals surface area contributed by atoms with Gasteiger partial charge in [0.2, 0.25) is 5.82 Å². The van der Waals surface area contributed by atoms with Crippen LogP contribution in [-0.4, -0.2) is 13.4 Å². The lowest BCUT2D eigenvalue weighted by molar-refractivity contribution is 0.180. The van der Waals surface area contributed by atoms with Gasteiger partial charge in [0.1, 0.15) is 0 Å². The molecule has 0 aliphatic heterocycles. The summed E-state index contributed by atoms with van der Waals surface area (Å²) >= 11 is 0. The normalized spacial score (nSPS) is 14.2. The Labute approximate surface area is 180 Å². The molecule has 0 aliphatic rings. The van der Waals surface area contributed by atoms with Gasteiger partial charge in [-0.1, -0.05) is 63.3 Å². The summed E-state index contributed by atoms with van der Waals surface area (Å²) in [5, 5.41) is 10.3. The van der Waals surface area contributed by atoms with Gasteiger partial charge in [0.25, 0.3) is 0 Å². The number of halogens is 5. The molecule has 2 atom stereocenters. The molecule has 0 radical (unpaired) electrons. The Balaban J connectivity index is 2.45. The predicted octanol–water partition coefficient (Wildman–Crippen LogP) is 7.12. The summed E-state index contributed by atoms with van der Waals surface area (Å²) in [6, 6.07) is 10.6. The van der Waals surface area contributed by atoms with Crippen LogP contribution in [0.15, 0.2) is 42.5 Å². The molecule has 0 heterocycles. The zero-order valence-electron chi connectivity index (χ0n) is 17.8. The lowest BCUT2D eigenvalue weighted by Crippen LogP contribution is -2.37. The molecule has 0 unspecified atom stereocenters. The van der Waals surface area contributed by atoms with Crippen LogP contribution in [0.1, 0.15) is 50.5 Å². The van der Waals surface area contributed by atoms with Gasteiger partial charge in [0.05, 0.1) is 17.8 Å². The second kappa shape index (κ2) is 11.0. The first kappa shape index (κ1) is 25.2. The number of rotatable bonds is 10. The van der Waals surface area contributed by atoms with Crippen molar-refractivity contribution in [1.29, 1.82) is 0 Å². The second-order valence-corrected chi connectivity index (χ2v) is 12.1. The molecule has 2 nitrogen and oxygen atoms in total.